The summed E-state index contributed by atoms with van der Waals surface area (Å²) in [5.74, 6) is 1.25. The van der Waals surface area contributed by atoms with Gasteiger partial charge in [0.25, 0.3) is 0 Å². The van der Waals surface area contributed by atoms with Crippen LogP contribution in [0.15, 0.2) is 18.3 Å². The van der Waals surface area contributed by atoms with E-state index in [-0.39, 0.29) is 0 Å². The monoisotopic (exact) mass is 163 g/mol. The van der Waals surface area contributed by atoms with Crippen LogP contribution in [0.4, 0.5) is 5.82 Å². The summed E-state index contributed by atoms with van der Waals surface area (Å²) < 4.78 is 1.62. The van der Waals surface area contributed by atoms with E-state index < -0.39 is 0 Å². The molecule has 0 fully saturated rings. The van der Waals surface area contributed by atoms with Crippen molar-refractivity contribution in [2.75, 3.05) is 5.73 Å². The van der Waals surface area contributed by atoms with Crippen LogP contribution in [0, 0.1) is 6.92 Å². The number of H-pyrrole nitrogens is 1. The van der Waals surface area contributed by atoms with Crippen LogP contribution in [-0.2, 0) is 0 Å². The van der Waals surface area contributed by atoms with E-state index >= 15 is 0 Å². The zero-order valence-corrected chi connectivity index (χ0v) is 6.65. The summed E-state index contributed by atoms with van der Waals surface area (Å²) in [7, 11) is 0. The molecule has 0 aromatic carbocycles. The fraction of sp³-hybridized carbons (Fsp3) is 0.143. The molecule has 0 bridgehead atoms. The third-order valence-electron chi connectivity index (χ3n) is 1.54. The summed E-state index contributed by atoms with van der Waals surface area (Å²) in [5, 5.41) is 10.9. The Bertz CT molecular complexity index is 348. The predicted molar refractivity (Wildman–Crippen MR) is 44.9 cm³/mol. The molecule has 0 amide bonds. The highest BCUT2D eigenvalue weighted by Crippen LogP contribution is 2.05. The second-order valence-electron chi connectivity index (χ2n) is 2.59. The minimum Gasteiger partial charge on any atom is -0.382 e. The van der Waals surface area contributed by atoms with Crippen molar-refractivity contribution in [1.29, 1.82) is 0 Å². The number of hydrogen-bond donors (Lipinski definition) is 2. The van der Waals surface area contributed by atoms with Crippen molar-refractivity contribution in [2.24, 2.45) is 0 Å². The van der Waals surface area contributed by atoms with Crippen molar-refractivity contribution in [1.82, 2.24) is 20.0 Å². The van der Waals surface area contributed by atoms with Crippen molar-refractivity contribution in [3.05, 3.63) is 24.0 Å². The van der Waals surface area contributed by atoms with Crippen LogP contribution in [0.1, 0.15) is 5.69 Å². The maximum absolute atomic E-state index is 5.45. The molecule has 5 nitrogen and oxygen atoms in total. The molecule has 62 valence electrons. The fourth-order valence-electron chi connectivity index (χ4n) is 0.987. The zero-order valence-electron chi connectivity index (χ0n) is 6.65. The third kappa shape index (κ3) is 1.05. The van der Waals surface area contributed by atoms with Crippen LogP contribution in [0.25, 0.3) is 5.82 Å². The number of nitrogens with one attached hydrogen (secondary N) is 1. The van der Waals surface area contributed by atoms with Crippen molar-refractivity contribution in [3.63, 3.8) is 0 Å². The SMILES string of the molecule is Cc1cc(-n2ccc(N)n2)n[nH]1. The molecule has 0 saturated heterocycles. The van der Waals surface area contributed by atoms with Crippen LogP contribution < -0.4 is 5.73 Å². The Morgan fingerprint density at radius 3 is 2.92 bits per heavy atom. The number of nitrogens with two attached hydrogens (primary N) is 1. The van der Waals surface area contributed by atoms with E-state index in [4.69, 9.17) is 5.73 Å². The molecule has 0 atom stereocenters. The number of aromatic nitrogens is 4. The maximum atomic E-state index is 5.45. The van der Waals surface area contributed by atoms with Gasteiger partial charge in [0.1, 0.15) is 5.82 Å². The molecule has 2 heterocycles. The molecule has 0 aliphatic rings. The number of nitrogens with zero attached hydrogens (tertiary/aromatic N) is 3. The lowest BCUT2D eigenvalue weighted by molar-refractivity contribution is 0.839. The van der Waals surface area contributed by atoms with E-state index in [9.17, 15) is 0 Å². The summed E-state index contributed by atoms with van der Waals surface area (Å²) in [5.41, 5.74) is 6.45. The number of aryl methyl sites for hydroxylation is 1. The number of hydrogen-bond acceptors (Lipinski definition) is 3. The molecule has 0 unspecified atom stereocenters. The lowest BCUT2D eigenvalue weighted by Crippen LogP contribution is -1.96. The van der Waals surface area contributed by atoms with Gasteiger partial charge in [0, 0.05) is 24.0 Å². The van der Waals surface area contributed by atoms with Gasteiger partial charge in [0.05, 0.1) is 0 Å². The topological polar surface area (TPSA) is 72.5 Å². The van der Waals surface area contributed by atoms with Gasteiger partial charge in [-0.2, -0.15) is 5.10 Å². The Hall–Kier alpha value is -1.78. The van der Waals surface area contributed by atoms with Gasteiger partial charge in [-0.15, -0.1) is 5.10 Å². The van der Waals surface area contributed by atoms with Gasteiger partial charge in [-0.25, -0.2) is 4.68 Å². The third-order valence-corrected chi connectivity index (χ3v) is 1.54. The highest BCUT2D eigenvalue weighted by molar-refractivity contribution is 5.30. The van der Waals surface area contributed by atoms with Crippen LogP contribution in [0.3, 0.4) is 0 Å². The average molecular weight is 163 g/mol. The first kappa shape index (κ1) is 6.90. The minimum absolute atomic E-state index is 0.496. The molecule has 0 aliphatic carbocycles. The van der Waals surface area contributed by atoms with Crippen LogP contribution in [0.5, 0.6) is 0 Å². The lowest BCUT2D eigenvalue weighted by atomic mass is 10.5. The average Bonchev–Trinajstić information content (AvgIpc) is 2.58. The largest absolute Gasteiger partial charge is 0.382 e. The van der Waals surface area contributed by atoms with Crippen molar-refractivity contribution >= 4 is 5.82 Å². The Labute approximate surface area is 69.2 Å². The van der Waals surface area contributed by atoms with Gasteiger partial charge in [0.2, 0.25) is 0 Å². The summed E-state index contributed by atoms with van der Waals surface area (Å²) in [6.07, 6.45) is 1.77. The maximum Gasteiger partial charge on any atom is 0.175 e. The normalized spacial score (nSPS) is 10.4. The molecular formula is C7H9N5. The molecule has 2 aromatic rings. The quantitative estimate of drug-likeness (QED) is 0.642. The second kappa shape index (κ2) is 2.37. The molecule has 0 aliphatic heterocycles. The highest BCUT2D eigenvalue weighted by Gasteiger charge is 2.00. The Kier molecular flexibility index (Phi) is 1.36. The summed E-state index contributed by atoms with van der Waals surface area (Å²) in [6.45, 7) is 1.93. The van der Waals surface area contributed by atoms with Gasteiger partial charge < -0.3 is 5.73 Å². The van der Waals surface area contributed by atoms with Crippen molar-refractivity contribution < 1.29 is 0 Å². The molecule has 12 heavy (non-hydrogen) atoms. The van der Waals surface area contributed by atoms with E-state index in [1.165, 1.54) is 0 Å². The Morgan fingerprint density at radius 1 is 1.58 bits per heavy atom. The van der Waals surface area contributed by atoms with E-state index in [1.807, 2.05) is 13.0 Å². The number of aromatic amines is 1. The molecule has 3 N–H and O–H groups in total. The Balaban J connectivity index is 2.43. The first-order valence-electron chi connectivity index (χ1n) is 3.59. The molecule has 2 rings (SSSR count). The highest BCUT2D eigenvalue weighted by atomic mass is 15.4. The van der Waals surface area contributed by atoms with Gasteiger partial charge >= 0.3 is 0 Å². The number of nitrogen functional groups attached to an aromatic ring is 1. The standard InChI is InChI=1S/C7H9N5/c1-5-4-7(10-9-5)12-3-2-6(8)11-12/h2-4H,1H3,(H2,8,11)(H,9,10). The van der Waals surface area contributed by atoms with Crippen molar-refractivity contribution in [3.8, 4) is 5.82 Å². The van der Waals surface area contributed by atoms with E-state index in [1.54, 1.807) is 16.9 Å². The van der Waals surface area contributed by atoms with Crippen LogP contribution in [-0.4, -0.2) is 20.0 Å². The van der Waals surface area contributed by atoms with Gasteiger partial charge in [-0.05, 0) is 6.92 Å². The lowest BCUT2D eigenvalue weighted by Gasteiger charge is -1.91. The zero-order chi connectivity index (χ0) is 8.55. The number of anilines is 1. The molecule has 2 aromatic heterocycles. The van der Waals surface area contributed by atoms with Gasteiger partial charge in [-0.1, -0.05) is 0 Å². The van der Waals surface area contributed by atoms with E-state index in [2.05, 4.69) is 15.3 Å². The molecule has 0 saturated carbocycles. The summed E-state index contributed by atoms with van der Waals surface area (Å²) >= 11 is 0. The minimum atomic E-state index is 0.496. The molecular weight excluding hydrogens is 154 g/mol. The smallest absolute Gasteiger partial charge is 0.175 e. The van der Waals surface area contributed by atoms with Gasteiger partial charge in [-0.3, -0.25) is 5.10 Å². The summed E-state index contributed by atoms with van der Waals surface area (Å²) in [4.78, 5) is 0. The first-order chi connectivity index (χ1) is 5.75. The van der Waals surface area contributed by atoms with E-state index in [0.717, 1.165) is 11.5 Å². The molecule has 0 radical (unpaired) electrons. The summed E-state index contributed by atoms with van der Waals surface area (Å²) in [6, 6.07) is 3.62. The van der Waals surface area contributed by atoms with Crippen LogP contribution >= 0.6 is 0 Å². The Morgan fingerprint density at radius 2 is 2.42 bits per heavy atom. The second-order valence-corrected chi connectivity index (χ2v) is 2.59. The fourth-order valence-corrected chi connectivity index (χ4v) is 0.987. The molecule has 5 heteroatoms. The van der Waals surface area contributed by atoms with E-state index in [0.29, 0.717) is 5.82 Å². The van der Waals surface area contributed by atoms with Gasteiger partial charge in [0.15, 0.2) is 5.82 Å². The number of rotatable bonds is 1. The predicted octanol–water partition coefficient (Wildman–Crippen LogP) is 0.486. The van der Waals surface area contributed by atoms with Crippen LogP contribution in [0.2, 0.25) is 0 Å². The first-order valence-corrected chi connectivity index (χ1v) is 3.59. The molecule has 0 spiro atoms. The van der Waals surface area contributed by atoms with Crippen molar-refractivity contribution in [2.45, 2.75) is 6.92 Å².